The van der Waals surface area contributed by atoms with Gasteiger partial charge in [0.05, 0.1) is 6.54 Å². The van der Waals surface area contributed by atoms with Crippen molar-refractivity contribution in [2.75, 3.05) is 19.6 Å². The maximum absolute atomic E-state index is 12.6. The van der Waals surface area contributed by atoms with Gasteiger partial charge in [-0.15, -0.1) is 0 Å². The van der Waals surface area contributed by atoms with E-state index in [4.69, 9.17) is 0 Å². The van der Waals surface area contributed by atoms with Gasteiger partial charge in [-0.3, -0.25) is 4.79 Å². The van der Waals surface area contributed by atoms with Gasteiger partial charge in [-0.05, 0) is 43.9 Å². The van der Waals surface area contributed by atoms with E-state index in [2.05, 4.69) is 15.6 Å². The topological polar surface area (TPSA) is 77.0 Å². The van der Waals surface area contributed by atoms with Gasteiger partial charge in [-0.2, -0.15) is 0 Å². The summed E-state index contributed by atoms with van der Waals surface area (Å²) in [6, 6.07) is 7.35. The Kier molecular flexibility index (Phi) is 6.36. The molecule has 0 bridgehead atoms. The Hall–Kier alpha value is -2.24. The van der Waals surface area contributed by atoms with Crippen LogP contribution in [-0.2, 0) is 11.3 Å². The molecule has 0 radical (unpaired) electrons. The summed E-state index contributed by atoms with van der Waals surface area (Å²) in [5.41, 5.74) is 1.05. The smallest absolute Gasteiger partial charge is 0.225 e. The number of nitrogens with one attached hydrogen (secondary N) is 2. The number of carbonyl (C=O) groups excluding carboxylic acids is 1. The first-order valence-corrected chi connectivity index (χ1v) is 9.77. The van der Waals surface area contributed by atoms with Crippen molar-refractivity contribution in [3.05, 3.63) is 29.8 Å². The van der Waals surface area contributed by atoms with Crippen LogP contribution in [0.4, 0.5) is 0 Å². The molecule has 1 amide bonds. The molecule has 3 rings (SSSR count). The summed E-state index contributed by atoms with van der Waals surface area (Å²) in [6.45, 7) is 4.98. The lowest BCUT2D eigenvalue weighted by Crippen LogP contribution is -2.45. The molecule has 142 valence electrons. The fourth-order valence-electron chi connectivity index (χ4n) is 3.79. The van der Waals surface area contributed by atoms with Gasteiger partial charge in [-0.25, -0.2) is 4.99 Å². The number of benzene rings is 1. The van der Waals surface area contributed by atoms with Crippen LogP contribution in [0.2, 0.25) is 0 Å². The average molecular weight is 358 g/mol. The third-order valence-corrected chi connectivity index (χ3v) is 5.25. The second kappa shape index (κ2) is 8.92. The van der Waals surface area contributed by atoms with Crippen LogP contribution < -0.4 is 10.6 Å². The molecule has 6 heteroatoms. The number of aliphatic imine (C=N–C) groups is 1. The first-order chi connectivity index (χ1) is 12.7. The minimum atomic E-state index is 0.248. The van der Waals surface area contributed by atoms with Crippen LogP contribution in [0.15, 0.2) is 29.3 Å². The number of nitrogens with zero attached hydrogens (tertiary/aromatic N) is 2. The van der Waals surface area contributed by atoms with E-state index in [-0.39, 0.29) is 17.7 Å². The standard InChI is InChI=1S/C20H30N4O2/c1-2-21-20(22-13-15-7-9-18(25)10-8-15)23-17-11-12-24(14-17)19(26)16-5-3-4-6-16/h7-10,16-17,25H,2-6,11-14H2,1H3,(H2,21,22,23). The zero-order chi connectivity index (χ0) is 18.4. The van der Waals surface area contributed by atoms with Crippen molar-refractivity contribution in [1.82, 2.24) is 15.5 Å². The van der Waals surface area contributed by atoms with Gasteiger partial charge in [0.1, 0.15) is 5.75 Å². The highest BCUT2D eigenvalue weighted by atomic mass is 16.3. The zero-order valence-electron chi connectivity index (χ0n) is 15.6. The lowest BCUT2D eigenvalue weighted by Gasteiger charge is -2.21. The average Bonchev–Trinajstić information content (AvgIpc) is 3.33. The van der Waals surface area contributed by atoms with E-state index in [0.29, 0.717) is 12.5 Å². The molecule has 6 nitrogen and oxygen atoms in total. The van der Waals surface area contributed by atoms with Crippen molar-refractivity contribution in [2.24, 2.45) is 10.9 Å². The molecule has 1 saturated heterocycles. The van der Waals surface area contributed by atoms with Gasteiger partial charge >= 0.3 is 0 Å². The van der Waals surface area contributed by atoms with E-state index in [1.807, 2.05) is 24.0 Å². The molecule has 1 saturated carbocycles. The number of hydrogen-bond acceptors (Lipinski definition) is 3. The fraction of sp³-hybridized carbons (Fsp3) is 0.600. The number of phenols is 1. The molecule has 2 fully saturated rings. The zero-order valence-corrected chi connectivity index (χ0v) is 15.6. The molecular weight excluding hydrogens is 328 g/mol. The van der Waals surface area contributed by atoms with Gasteiger partial charge in [-0.1, -0.05) is 25.0 Å². The number of phenolic OH excluding ortho intramolecular Hbond substituents is 1. The van der Waals surface area contributed by atoms with Crippen molar-refractivity contribution in [1.29, 1.82) is 0 Å². The van der Waals surface area contributed by atoms with Gasteiger partial charge in [0.25, 0.3) is 0 Å². The minimum absolute atomic E-state index is 0.248. The largest absolute Gasteiger partial charge is 0.508 e. The number of aromatic hydroxyl groups is 1. The second-order valence-electron chi connectivity index (χ2n) is 7.26. The lowest BCUT2D eigenvalue weighted by molar-refractivity contribution is -0.134. The van der Waals surface area contributed by atoms with Crippen molar-refractivity contribution in [3.8, 4) is 5.75 Å². The summed E-state index contributed by atoms with van der Waals surface area (Å²) in [6.07, 6.45) is 5.47. The molecule has 2 aliphatic rings. The van der Waals surface area contributed by atoms with Crippen LogP contribution in [-0.4, -0.2) is 47.5 Å². The Morgan fingerprint density at radius 2 is 1.96 bits per heavy atom. The van der Waals surface area contributed by atoms with Gasteiger partial charge in [0.15, 0.2) is 5.96 Å². The van der Waals surface area contributed by atoms with Crippen LogP contribution in [0, 0.1) is 5.92 Å². The van der Waals surface area contributed by atoms with E-state index in [1.165, 1.54) is 12.8 Å². The first-order valence-electron chi connectivity index (χ1n) is 9.77. The molecule has 3 N–H and O–H groups in total. The highest BCUT2D eigenvalue weighted by molar-refractivity contribution is 5.81. The summed E-state index contributed by atoms with van der Waals surface area (Å²) in [7, 11) is 0. The predicted octanol–water partition coefficient (Wildman–Crippen LogP) is 2.24. The SMILES string of the molecule is CCNC(=NCc1ccc(O)cc1)NC1CCN(C(=O)C2CCCC2)C1. The predicted molar refractivity (Wildman–Crippen MR) is 103 cm³/mol. The number of rotatable bonds is 5. The summed E-state index contributed by atoms with van der Waals surface area (Å²) >= 11 is 0. The van der Waals surface area contributed by atoms with Gasteiger partial charge in [0, 0.05) is 31.6 Å². The summed E-state index contributed by atoms with van der Waals surface area (Å²) in [5, 5.41) is 16.1. The van der Waals surface area contributed by atoms with Crippen molar-refractivity contribution in [3.63, 3.8) is 0 Å². The Balaban J connectivity index is 1.53. The third-order valence-electron chi connectivity index (χ3n) is 5.25. The molecule has 1 heterocycles. The monoisotopic (exact) mass is 358 g/mol. The van der Waals surface area contributed by atoms with Gasteiger partial charge in [0.2, 0.25) is 5.91 Å². The van der Waals surface area contributed by atoms with E-state index in [1.54, 1.807) is 12.1 Å². The Morgan fingerprint density at radius 1 is 1.23 bits per heavy atom. The summed E-state index contributed by atoms with van der Waals surface area (Å²) in [4.78, 5) is 19.2. The molecule has 1 atom stereocenters. The first kappa shape index (κ1) is 18.5. The highest BCUT2D eigenvalue weighted by Crippen LogP contribution is 2.27. The summed E-state index contributed by atoms with van der Waals surface area (Å²) < 4.78 is 0. The second-order valence-corrected chi connectivity index (χ2v) is 7.26. The number of carbonyl (C=O) groups is 1. The van der Waals surface area contributed by atoms with Crippen LogP contribution >= 0.6 is 0 Å². The van der Waals surface area contributed by atoms with Crippen molar-refractivity contribution < 1.29 is 9.90 Å². The Morgan fingerprint density at radius 3 is 2.65 bits per heavy atom. The molecule has 26 heavy (non-hydrogen) atoms. The molecule has 1 aromatic rings. The molecule has 1 aliphatic heterocycles. The Labute approximate surface area is 155 Å². The maximum Gasteiger partial charge on any atom is 0.225 e. The minimum Gasteiger partial charge on any atom is -0.508 e. The molecule has 0 spiro atoms. The van der Waals surface area contributed by atoms with Crippen molar-refractivity contribution >= 4 is 11.9 Å². The normalized spacial score (nSPS) is 21.2. The van der Waals surface area contributed by atoms with Crippen LogP contribution in [0.5, 0.6) is 5.75 Å². The fourth-order valence-corrected chi connectivity index (χ4v) is 3.79. The number of guanidine groups is 1. The number of likely N-dealkylation sites (tertiary alicyclic amines) is 1. The van der Waals surface area contributed by atoms with Crippen LogP contribution in [0.3, 0.4) is 0 Å². The number of amides is 1. The third kappa shape index (κ3) is 4.90. The van der Waals surface area contributed by atoms with E-state index < -0.39 is 0 Å². The molecule has 1 aliphatic carbocycles. The summed E-state index contributed by atoms with van der Waals surface area (Å²) in [5.74, 6) is 1.64. The van der Waals surface area contributed by atoms with E-state index in [9.17, 15) is 9.90 Å². The van der Waals surface area contributed by atoms with Crippen LogP contribution in [0.1, 0.15) is 44.6 Å². The molecule has 1 aromatic carbocycles. The maximum atomic E-state index is 12.6. The lowest BCUT2D eigenvalue weighted by atomic mass is 10.1. The molecule has 0 aromatic heterocycles. The van der Waals surface area contributed by atoms with Crippen molar-refractivity contribution in [2.45, 2.75) is 51.6 Å². The van der Waals surface area contributed by atoms with Crippen LogP contribution in [0.25, 0.3) is 0 Å². The highest BCUT2D eigenvalue weighted by Gasteiger charge is 2.32. The number of hydrogen-bond donors (Lipinski definition) is 3. The molecule has 1 unspecified atom stereocenters. The quantitative estimate of drug-likeness (QED) is 0.557. The van der Waals surface area contributed by atoms with E-state index >= 15 is 0 Å². The molecular formula is C20H30N4O2. The van der Waals surface area contributed by atoms with Gasteiger partial charge < -0.3 is 20.6 Å². The van der Waals surface area contributed by atoms with E-state index in [0.717, 1.165) is 50.4 Å². The Bertz CT molecular complexity index is 623.